The number of aromatic amines is 1. The van der Waals surface area contributed by atoms with Crippen LogP contribution in [0.4, 0.5) is 17.2 Å². The number of fused-ring (bicyclic) bond motifs is 2. The van der Waals surface area contributed by atoms with Crippen LogP contribution < -0.4 is 10.6 Å². The number of hydrogen-bond donors (Lipinski definition) is 3. The van der Waals surface area contributed by atoms with Gasteiger partial charge in [0.05, 0.1) is 29.8 Å². The summed E-state index contributed by atoms with van der Waals surface area (Å²) in [5.74, 6) is 0.840. The zero-order chi connectivity index (χ0) is 9.38. The monoisotopic (exact) mass is 187 g/mol. The van der Waals surface area contributed by atoms with Crippen LogP contribution in [0.1, 0.15) is 5.69 Å². The molecule has 0 amide bonds. The number of anilines is 3. The lowest BCUT2D eigenvalue weighted by Gasteiger charge is -2.05. The Morgan fingerprint density at radius 3 is 3.29 bits per heavy atom. The molecule has 5 heteroatoms. The predicted molar refractivity (Wildman–Crippen MR) is 53.4 cm³/mol. The first kappa shape index (κ1) is 7.37. The smallest absolute Gasteiger partial charge is 0.153 e. The Labute approximate surface area is 80.6 Å². The van der Waals surface area contributed by atoms with Crippen molar-refractivity contribution in [2.24, 2.45) is 0 Å². The Bertz CT molecular complexity index is 462. The van der Waals surface area contributed by atoms with Crippen molar-refractivity contribution in [1.82, 2.24) is 15.2 Å². The summed E-state index contributed by atoms with van der Waals surface area (Å²) in [4.78, 5) is 4.24. The van der Waals surface area contributed by atoms with Crippen molar-refractivity contribution in [2.45, 2.75) is 6.54 Å². The second-order valence-electron chi connectivity index (χ2n) is 3.14. The van der Waals surface area contributed by atoms with E-state index in [0.29, 0.717) is 0 Å². The molecule has 5 nitrogen and oxygen atoms in total. The molecule has 0 bridgehead atoms. The number of pyridine rings is 1. The van der Waals surface area contributed by atoms with Crippen molar-refractivity contribution in [1.29, 1.82) is 0 Å². The largest absolute Gasteiger partial charge is 0.376 e. The zero-order valence-electron chi connectivity index (χ0n) is 7.41. The van der Waals surface area contributed by atoms with Gasteiger partial charge in [-0.2, -0.15) is 5.10 Å². The second kappa shape index (κ2) is 2.73. The standard InChI is InChI=1S/C9H9N5/c1-2-6-9(10-3-1)13-7-5-12-14-8(7)4-11-6/h1-3,5,11H,4H2,(H,10,13)(H,12,14). The summed E-state index contributed by atoms with van der Waals surface area (Å²) >= 11 is 0. The number of rotatable bonds is 0. The Kier molecular flexibility index (Phi) is 1.44. The van der Waals surface area contributed by atoms with Crippen LogP contribution in [0.5, 0.6) is 0 Å². The van der Waals surface area contributed by atoms with Crippen molar-refractivity contribution < 1.29 is 0 Å². The summed E-state index contributed by atoms with van der Waals surface area (Å²) in [5.41, 5.74) is 3.04. The summed E-state index contributed by atoms with van der Waals surface area (Å²) in [5, 5.41) is 13.4. The molecule has 0 fully saturated rings. The molecule has 70 valence electrons. The number of aromatic nitrogens is 3. The van der Waals surface area contributed by atoms with E-state index in [4.69, 9.17) is 0 Å². The average Bonchev–Trinajstić information content (AvgIpc) is 2.58. The van der Waals surface area contributed by atoms with Gasteiger partial charge in [-0.15, -0.1) is 0 Å². The van der Waals surface area contributed by atoms with Crippen LogP contribution in [-0.2, 0) is 6.54 Å². The van der Waals surface area contributed by atoms with Crippen LogP contribution in [0.25, 0.3) is 0 Å². The Balaban J connectivity index is 2.10. The summed E-state index contributed by atoms with van der Waals surface area (Å²) in [7, 11) is 0. The van der Waals surface area contributed by atoms with E-state index in [1.807, 2.05) is 12.1 Å². The number of nitrogens with one attached hydrogen (secondary N) is 3. The number of hydrogen-bond acceptors (Lipinski definition) is 4. The quantitative estimate of drug-likeness (QED) is 0.584. The summed E-state index contributed by atoms with van der Waals surface area (Å²) in [6, 6.07) is 3.90. The van der Waals surface area contributed by atoms with Gasteiger partial charge < -0.3 is 10.6 Å². The van der Waals surface area contributed by atoms with Crippen molar-refractivity contribution in [3.8, 4) is 0 Å². The van der Waals surface area contributed by atoms with Crippen molar-refractivity contribution in [2.75, 3.05) is 10.6 Å². The van der Waals surface area contributed by atoms with Gasteiger partial charge in [0.15, 0.2) is 5.82 Å². The van der Waals surface area contributed by atoms with E-state index in [-0.39, 0.29) is 0 Å². The van der Waals surface area contributed by atoms with E-state index >= 15 is 0 Å². The van der Waals surface area contributed by atoms with Gasteiger partial charge in [-0.1, -0.05) is 0 Å². The Morgan fingerprint density at radius 2 is 2.29 bits per heavy atom. The molecule has 3 rings (SSSR count). The van der Waals surface area contributed by atoms with Crippen LogP contribution in [0.3, 0.4) is 0 Å². The highest BCUT2D eigenvalue weighted by atomic mass is 15.2. The van der Waals surface area contributed by atoms with Crippen molar-refractivity contribution in [3.05, 3.63) is 30.2 Å². The predicted octanol–water partition coefficient (Wildman–Crippen LogP) is 1.47. The molecule has 0 spiro atoms. The van der Waals surface area contributed by atoms with E-state index in [9.17, 15) is 0 Å². The second-order valence-corrected chi connectivity index (χ2v) is 3.14. The third-order valence-corrected chi connectivity index (χ3v) is 2.23. The van der Waals surface area contributed by atoms with E-state index < -0.39 is 0 Å². The third-order valence-electron chi connectivity index (χ3n) is 2.23. The van der Waals surface area contributed by atoms with Gasteiger partial charge in [-0.25, -0.2) is 4.98 Å². The van der Waals surface area contributed by atoms with Gasteiger partial charge in [0.2, 0.25) is 0 Å². The van der Waals surface area contributed by atoms with Crippen LogP contribution in [-0.4, -0.2) is 15.2 Å². The molecule has 14 heavy (non-hydrogen) atoms. The molecule has 1 aliphatic heterocycles. The molecule has 0 unspecified atom stereocenters. The minimum absolute atomic E-state index is 0.737. The molecule has 0 saturated carbocycles. The molecular formula is C9H9N5. The Hall–Kier alpha value is -2.04. The first-order chi connectivity index (χ1) is 6.93. The molecule has 2 aromatic heterocycles. The van der Waals surface area contributed by atoms with E-state index in [1.54, 1.807) is 12.4 Å². The fourth-order valence-electron chi connectivity index (χ4n) is 1.51. The van der Waals surface area contributed by atoms with Gasteiger partial charge in [0, 0.05) is 6.20 Å². The zero-order valence-corrected chi connectivity index (χ0v) is 7.41. The molecule has 0 aliphatic carbocycles. The lowest BCUT2D eigenvalue weighted by atomic mass is 10.4. The summed E-state index contributed by atoms with van der Waals surface area (Å²) in [6.45, 7) is 0.737. The first-order valence-corrected chi connectivity index (χ1v) is 4.41. The number of H-pyrrole nitrogens is 1. The van der Waals surface area contributed by atoms with Crippen LogP contribution in [0.2, 0.25) is 0 Å². The highest BCUT2D eigenvalue weighted by Crippen LogP contribution is 2.28. The van der Waals surface area contributed by atoms with Gasteiger partial charge in [0.1, 0.15) is 0 Å². The van der Waals surface area contributed by atoms with Crippen molar-refractivity contribution >= 4 is 17.2 Å². The van der Waals surface area contributed by atoms with Crippen molar-refractivity contribution in [3.63, 3.8) is 0 Å². The molecule has 0 aromatic carbocycles. The summed E-state index contributed by atoms with van der Waals surface area (Å²) < 4.78 is 0. The lowest BCUT2D eigenvalue weighted by Crippen LogP contribution is -1.98. The van der Waals surface area contributed by atoms with E-state index in [1.165, 1.54) is 0 Å². The van der Waals surface area contributed by atoms with Gasteiger partial charge in [-0.3, -0.25) is 5.10 Å². The molecule has 3 N–H and O–H groups in total. The van der Waals surface area contributed by atoms with Crippen LogP contribution in [0, 0.1) is 0 Å². The SMILES string of the molecule is c1cnc2c(c1)NCc1[nH]ncc1N2. The highest BCUT2D eigenvalue weighted by molar-refractivity contribution is 5.73. The molecule has 0 radical (unpaired) electrons. The topological polar surface area (TPSA) is 65.6 Å². The van der Waals surface area contributed by atoms with E-state index in [0.717, 1.165) is 29.4 Å². The molecule has 0 saturated heterocycles. The maximum absolute atomic E-state index is 4.24. The molecule has 0 atom stereocenters. The lowest BCUT2D eigenvalue weighted by molar-refractivity contribution is 0.985. The van der Waals surface area contributed by atoms with Gasteiger partial charge >= 0.3 is 0 Å². The van der Waals surface area contributed by atoms with Gasteiger partial charge in [0.25, 0.3) is 0 Å². The Morgan fingerprint density at radius 1 is 1.29 bits per heavy atom. The van der Waals surface area contributed by atoms with Gasteiger partial charge in [-0.05, 0) is 12.1 Å². The maximum atomic E-state index is 4.24. The molecule has 1 aliphatic rings. The minimum atomic E-state index is 0.737. The maximum Gasteiger partial charge on any atom is 0.153 e. The third kappa shape index (κ3) is 1.02. The van der Waals surface area contributed by atoms with Crippen LogP contribution in [0.15, 0.2) is 24.5 Å². The fraction of sp³-hybridized carbons (Fsp3) is 0.111. The summed E-state index contributed by atoms with van der Waals surface area (Å²) in [6.07, 6.45) is 3.53. The average molecular weight is 187 g/mol. The highest BCUT2D eigenvalue weighted by Gasteiger charge is 2.13. The minimum Gasteiger partial charge on any atom is -0.376 e. The van der Waals surface area contributed by atoms with E-state index in [2.05, 4.69) is 25.8 Å². The fourth-order valence-corrected chi connectivity index (χ4v) is 1.51. The molecule has 3 heterocycles. The molecular weight excluding hydrogens is 178 g/mol. The first-order valence-electron chi connectivity index (χ1n) is 4.41. The van der Waals surface area contributed by atoms with Crippen LogP contribution >= 0.6 is 0 Å². The molecule has 2 aromatic rings. The number of nitrogens with zero attached hydrogens (tertiary/aromatic N) is 2. The normalized spacial score (nSPS) is 13.1.